The van der Waals surface area contributed by atoms with Gasteiger partial charge in [-0.3, -0.25) is 0 Å². The van der Waals surface area contributed by atoms with Gasteiger partial charge in [0.25, 0.3) is 0 Å². The summed E-state index contributed by atoms with van der Waals surface area (Å²) in [6, 6.07) is 5.76. The summed E-state index contributed by atoms with van der Waals surface area (Å²) in [4.78, 5) is 3.73. The van der Waals surface area contributed by atoms with Crippen LogP contribution in [-0.4, -0.2) is 10.1 Å². The fourth-order valence-corrected chi connectivity index (χ4v) is 1.45. The third kappa shape index (κ3) is 2.14. The molecule has 1 aromatic carbocycles. The molecule has 0 saturated carbocycles. The van der Waals surface area contributed by atoms with Gasteiger partial charge in [-0.1, -0.05) is 6.07 Å². The van der Waals surface area contributed by atoms with E-state index in [2.05, 4.69) is 4.98 Å². The monoisotopic (exact) mass is 239 g/mol. The molecule has 0 bridgehead atoms. The standard InChI is InChI=1S/C12H8F3NO/c13-9-3-1-2-8(11(9)15)12-10(14)5-4-7(6-17)16-12/h1-5,17H,6H2. The van der Waals surface area contributed by atoms with Gasteiger partial charge in [0, 0.05) is 5.56 Å². The number of hydrogen-bond donors (Lipinski definition) is 1. The molecule has 0 amide bonds. The molecule has 0 aliphatic rings. The van der Waals surface area contributed by atoms with E-state index in [1.807, 2.05) is 0 Å². The number of halogens is 3. The fraction of sp³-hybridized carbons (Fsp3) is 0.0833. The molecular weight excluding hydrogens is 231 g/mol. The minimum atomic E-state index is -1.16. The van der Waals surface area contributed by atoms with Crippen molar-refractivity contribution in [1.29, 1.82) is 0 Å². The van der Waals surface area contributed by atoms with Crippen molar-refractivity contribution in [2.45, 2.75) is 6.61 Å². The largest absolute Gasteiger partial charge is 0.390 e. The molecule has 1 heterocycles. The molecule has 88 valence electrons. The van der Waals surface area contributed by atoms with E-state index < -0.39 is 24.1 Å². The van der Waals surface area contributed by atoms with Crippen molar-refractivity contribution in [2.75, 3.05) is 0 Å². The molecule has 5 heteroatoms. The van der Waals surface area contributed by atoms with E-state index >= 15 is 0 Å². The molecule has 0 aliphatic heterocycles. The number of pyridine rings is 1. The Morgan fingerprint density at radius 1 is 1.00 bits per heavy atom. The smallest absolute Gasteiger partial charge is 0.168 e. The molecule has 2 aromatic rings. The Morgan fingerprint density at radius 2 is 1.76 bits per heavy atom. The van der Waals surface area contributed by atoms with Crippen LogP contribution in [0.2, 0.25) is 0 Å². The molecule has 0 unspecified atom stereocenters. The third-order valence-corrected chi connectivity index (χ3v) is 2.27. The summed E-state index contributed by atoms with van der Waals surface area (Å²) in [6.45, 7) is -0.399. The van der Waals surface area contributed by atoms with Crippen LogP contribution in [0.1, 0.15) is 5.69 Å². The third-order valence-electron chi connectivity index (χ3n) is 2.27. The van der Waals surface area contributed by atoms with Gasteiger partial charge in [0.1, 0.15) is 11.5 Å². The molecule has 0 spiro atoms. The first kappa shape index (κ1) is 11.6. The predicted octanol–water partition coefficient (Wildman–Crippen LogP) is 2.66. The summed E-state index contributed by atoms with van der Waals surface area (Å²) in [5.74, 6) is -3.00. The molecule has 0 radical (unpaired) electrons. The van der Waals surface area contributed by atoms with Crippen molar-refractivity contribution >= 4 is 0 Å². The van der Waals surface area contributed by atoms with Crippen LogP contribution in [0.5, 0.6) is 0 Å². The highest BCUT2D eigenvalue weighted by atomic mass is 19.2. The molecule has 2 rings (SSSR count). The number of rotatable bonds is 2. The lowest BCUT2D eigenvalue weighted by atomic mass is 10.1. The average Bonchev–Trinajstić information content (AvgIpc) is 2.34. The van der Waals surface area contributed by atoms with Gasteiger partial charge in [0.15, 0.2) is 11.6 Å². The van der Waals surface area contributed by atoms with Gasteiger partial charge in [-0.05, 0) is 24.3 Å². The van der Waals surface area contributed by atoms with Gasteiger partial charge in [-0.25, -0.2) is 18.2 Å². The van der Waals surface area contributed by atoms with E-state index in [0.717, 1.165) is 12.1 Å². The van der Waals surface area contributed by atoms with Crippen molar-refractivity contribution in [3.63, 3.8) is 0 Å². The van der Waals surface area contributed by atoms with Gasteiger partial charge >= 0.3 is 0 Å². The topological polar surface area (TPSA) is 33.1 Å². The molecule has 0 atom stereocenters. The van der Waals surface area contributed by atoms with Crippen LogP contribution in [0.4, 0.5) is 13.2 Å². The predicted molar refractivity (Wildman–Crippen MR) is 55.5 cm³/mol. The second kappa shape index (κ2) is 4.55. The van der Waals surface area contributed by atoms with Crippen LogP contribution >= 0.6 is 0 Å². The van der Waals surface area contributed by atoms with Crippen molar-refractivity contribution in [1.82, 2.24) is 4.98 Å². The molecule has 1 aromatic heterocycles. The quantitative estimate of drug-likeness (QED) is 0.873. The van der Waals surface area contributed by atoms with Crippen LogP contribution in [-0.2, 0) is 6.61 Å². The van der Waals surface area contributed by atoms with E-state index in [4.69, 9.17) is 5.11 Å². The maximum Gasteiger partial charge on any atom is 0.168 e. The van der Waals surface area contributed by atoms with E-state index in [1.54, 1.807) is 0 Å². The lowest BCUT2D eigenvalue weighted by molar-refractivity contribution is 0.276. The van der Waals surface area contributed by atoms with Crippen molar-refractivity contribution in [3.05, 3.63) is 53.5 Å². The van der Waals surface area contributed by atoms with E-state index in [1.165, 1.54) is 18.2 Å². The van der Waals surface area contributed by atoms with Crippen molar-refractivity contribution in [3.8, 4) is 11.3 Å². The highest BCUT2D eigenvalue weighted by Crippen LogP contribution is 2.25. The summed E-state index contributed by atoms with van der Waals surface area (Å²) in [7, 11) is 0. The average molecular weight is 239 g/mol. The fourth-order valence-electron chi connectivity index (χ4n) is 1.45. The Hall–Kier alpha value is -1.88. The van der Waals surface area contributed by atoms with Crippen molar-refractivity contribution < 1.29 is 18.3 Å². The number of benzene rings is 1. The zero-order valence-electron chi connectivity index (χ0n) is 8.62. The Labute approximate surface area is 95.4 Å². The minimum absolute atomic E-state index is 0.185. The van der Waals surface area contributed by atoms with Crippen LogP contribution in [0, 0.1) is 17.5 Å². The van der Waals surface area contributed by atoms with Crippen LogP contribution < -0.4 is 0 Å². The van der Waals surface area contributed by atoms with E-state index in [-0.39, 0.29) is 17.0 Å². The number of aliphatic hydroxyl groups is 1. The summed E-state index contributed by atoms with van der Waals surface area (Å²) in [5, 5.41) is 8.87. The van der Waals surface area contributed by atoms with E-state index in [9.17, 15) is 13.2 Å². The molecular formula is C12H8F3NO. The number of hydrogen-bond acceptors (Lipinski definition) is 2. The Balaban J connectivity index is 2.63. The molecule has 0 aliphatic carbocycles. The maximum absolute atomic E-state index is 13.5. The first-order valence-electron chi connectivity index (χ1n) is 4.84. The minimum Gasteiger partial charge on any atom is -0.390 e. The zero-order valence-corrected chi connectivity index (χ0v) is 8.62. The Bertz CT molecular complexity index is 557. The molecule has 0 saturated heterocycles. The van der Waals surface area contributed by atoms with Gasteiger partial charge in [0.05, 0.1) is 12.3 Å². The second-order valence-electron chi connectivity index (χ2n) is 3.39. The Morgan fingerprint density at radius 3 is 2.47 bits per heavy atom. The summed E-state index contributed by atoms with van der Waals surface area (Å²) >= 11 is 0. The number of aliphatic hydroxyl groups excluding tert-OH is 1. The van der Waals surface area contributed by atoms with Gasteiger partial charge < -0.3 is 5.11 Å². The first-order valence-corrected chi connectivity index (χ1v) is 4.84. The summed E-state index contributed by atoms with van der Waals surface area (Å²) < 4.78 is 39.9. The van der Waals surface area contributed by atoms with Crippen molar-refractivity contribution in [2.24, 2.45) is 0 Å². The SMILES string of the molecule is OCc1ccc(F)c(-c2cccc(F)c2F)n1. The van der Waals surface area contributed by atoms with E-state index in [0.29, 0.717) is 0 Å². The van der Waals surface area contributed by atoms with Gasteiger partial charge in [-0.15, -0.1) is 0 Å². The normalized spacial score (nSPS) is 10.6. The Kier molecular flexibility index (Phi) is 3.10. The van der Waals surface area contributed by atoms with Crippen LogP contribution in [0.15, 0.2) is 30.3 Å². The van der Waals surface area contributed by atoms with Gasteiger partial charge in [0.2, 0.25) is 0 Å². The molecule has 1 N–H and O–H groups in total. The first-order chi connectivity index (χ1) is 8.13. The van der Waals surface area contributed by atoms with Gasteiger partial charge in [-0.2, -0.15) is 0 Å². The van der Waals surface area contributed by atoms with Crippen LogP contribution in [0.3, 0.4) is 0 Å². The highest BCUT2D eigenvalue weighted by Gasteiger charge is 2.15. The molecule has 2 nitrogen and oxygen atoms in total. The number of aromatic nitrogens is 1. The summed E-state index contributed by atoms with van der Waals surface area (Å²) in [5.41, 5.74) is -0.392. The summed E-state index contributed by atoms with van der Waals surface area (Å²) in [6.07, 6.45) is 0. The molecule has 0 fully saturated rings. The highest BCUT2D eigenvalue weighted by molar-refractivity contribution is 5.60. The maximum atomic E-state index is 13.5. The lowest BCUT2D eigenvalue weighted by Crippen LogP contribution is -1.98. The van der Waals surface area contributed by atoms with Crippen LogP contribution in [0.25, 0.3) is 11.3 Å². The lowest BCUT2D eigenvalue weighted by Gasteiger charge is -2.06. The number of nitrogens with zero attached hydrogens (tertiary/aromatic N) is 1. The zero-order chi connectivity index (χ0) is 12.4. The molecule has 17 heavy (non-hydrogen) atoms. The second-order valence-corrected chi connectivity index (χ2v) is 3.39.